The molecule has 20 heavy (non-hydrogen) atoms. The molecule has 0 unspecified atom stereocenters. The Balaban J connectivity index is 1.91. The number of carbonyl (C=O) groups excluding carboxylic acids is 1. The lowest BCUT2D eigenvalue weighted by Crippen LogP contribution is -2.51. The van der Waals surface area contributed by atoms with Crippen LogP contribution in [-0.4, -0.2) is 18.5 Å². The third kappa shape index (κ3) is 3.55. The lowest BCUT2D eigenvalue weighted by molar-refractivity contribution is -0.134. The van der Waals surface area contributed by atoms with Gasteiger partial charge in [0.05, 0.1) is 5.41 Å². The maximum atomic E-state index is 12.7. The molecule has 1 amide bonds. The molecule has 116 valence electrons. The van der Waals surface area contributed by atoms with E-state index in [4.69, 9.17) is 5.73 Å². The third-order valence-corrected chi connectivity index (χ3v) is 5.82. The lowest BCUT2D eigenvalue weighted by Gasteiger charge is -2.39. The Hall–Kier alpha value is -0.570. The molecule has 0 aliphatic heterocycles. The molecule has 0 radical (unpaired) electrons. The molecule has 2 rings (SSSR count). The quantitative estimate of drug-likeness (QED) is 0.830. The van der Waals surface area contributed by atoms with E-state index < -0.39 is 0 Å². The van der Waals surface area contributed by atoms with Crippen molar-refractivity contribution in [2.24, 2.45) is 23.0 Å². The van der Waals surface area contributed by atoms with Gasteiger partial charge < -0.3 is 11.1 Å². The molecule has 2 saturated carbocycles. The van der Waals surface area contributed by atoms with Crippen molar-refractivity contribution in [1.29, 1.82) is 0 Å². The van der Waals surface area contributed by atoms with Gasteiger partial charge in [-0.2, -0.15) is 0 Å². The maximum absolute atomic E-state index is 12.7. The van der Waals surface area contributed by atoms with E-state index >= 15 is 0 Å². The second-order valence-corrected chi connectivity index (χ2v) is 7.33. The van der Waals surface area contributed by atoms with Gasteiger partial charge in [-0.15, -0.1) is 0 Å². The number of nitrogens with one attached hydrogen (secondary N) is 1. The van der Waals surface area contributed by atoms with Crippen LogP contribution in [0.5, 0.6) is 0 Å². The first-order valence-electron chi connectivity index (χ1n) is 8.58. The Labute approximate surface area is 124 Å². The molecular weight excluding hydrogens is 248 g/mol. The average molecular weight is 280 g/mol. The number of carbonyl (C=O) groups is 1. The zero-order valence-corrected chi connectivity index (χ0v) is 13.3. The van der Waals surface area contributed by atoms with Crippen LogP contribution in [0.2, 0.25) is 0 Å². The van der Waals surface area contributed by atoms with Crippen LogP contribution < -0.4 is 11.1 Å². The molecular formula is C17H32N2O. The Morgan fingerprint density at radius 2 is 1.80 bits per heavy atom. The monoisotopic (exact) mass is 280 g/mol. The van der Waals surface area contributed by atoms with Gasteiger partial charge in [-0.05, 0) is 57.3 Å². The second kappa shape index (κ2) is 6.93. The molecule has 0 saturated heterocycles. The van der Waals surface area contributed by atoms with Crippen LogP contribution in [0, 0.1) is 17.3 Å². The molecule has 0 aromatic carbocycles. The van der Waals surface area contributed by atoms with E-state index in [1.807, 2.05) is 0 Å². The van der Waals surface area contributed by atoms with Gasteiger partial charge in [0.15, 0.2) is 0 Å². The molecule has 2 fully saturated rings. The van der Waals surface area contributed by atoms with Crippen molar-refractivity contribution in [3.8, 4) is 0 Å². The first kappa shape index (κ1) is 15.8. The van der Waals surface area contributed by atoms with E-state index in [2.05, 4.69) is 19.2 Å². The van der Waals surface area contributed by atoms with E-state index in [-0.39, 0.29) is 11.3 Å². The Kier molecular flexibility index (Phi) is 5.48. The topological polar surface area (TPSA) is 55.1 Å². The van der Waals surface area contributed by atoms with Crippen LogP contribution in [0.3, 0.4) is 0 Å². The van der Waals surface area contributed by atoms with Crippen LogP contribution in [0.15, 0.2) is 0 Å². The zero-order valence-electron chi connectivity index (χ0n) is 13.3. The third-order valence-electron chi connectivity index (χ3n) is 5.82. The van der Waals surface area contributed by atoms with Gasteiger partial charge in [0, 0.05) is 12.6 Å². The van der Waals surface area contributed by atoms with Gasteiger partial charge in [0.2, 0.25) is 5.91 Å². The summed E-state index contributed by atoms with van der Waals surface area (Å²) in [5.74, 6) is 1.65. The summed E-state index contributed by atoms with van der Waals surface area (Å²) in [5, 5.41) is 3.31. The van der Waals surface area contributed by atoms with Crippen LogP contribution in [0.1, 0.15) is 71.6 Å². The van der Waals surface area contributed by atoms with E-state index in [1.54, 1.807) is 0 Å². The van der Waals surface area contributed by atoms with Crippen molar-refractivity contribution in [2.75, 3.05) is 6.54 Å². The average Bonchev–Trinajstić information content (AvgIpc) is 2.49. The number of rotatable bonds is 4. The fraction of sp³-hybridized carbons (Fsp3) is 0.941. The summed E-state index contributed by atoms with van der Waals surface area (Å²) in [6, 6.07) is 0.311. The van der Waals surface area contributed by atoms with Gasteiger partial charge >= 0.3 is 0 Å². The van der Waals surface area contributed by atoms with Crippen molar-refractivity contribution in [3.05, 3.63) is 0 Å². The summed E-state index contributed by atoms with van der Waals surface area (Å²) in [4.78, 5) is 12.7. The Morgan fingerprint density at radius 1 is 1.20 bits per heavy atom. The predicted octanol–water partition coefficient (Wildman–Crippen LogP) is 3.23. The highest BCUT2D eigenvalue weighted by molar-refractivity contribution is 5.83. The summed E-state index contributed by atoms with van der Waals surface area (Å²) in [5.41, 5.74) is 5.70. The molecule has 2 aliphatic carbocycles. The van der Waals surface area contributed by atoms with Crippen LogP contribution in [-0.2, 0) is 4.79 Å². The van der Waals surface area contributed by atoms with Gasteiger partial charge in [0.25, 0.3) is 0 Å². The zero-order chi connectivity index (χ0) is 14.6. The fourth-order valence-corrected chi connectivity index (χ4v) is 3.95. The standard InChI is InChI=1S/C17H32N2O/c1-13-8-10-17(12-18,11-9-13)16(20)19-14(2)15-6-4-3-5-7-15/h13-15H,3-12,18H2,1-2H3,(H,19,20)/t13?,14-,17?/m1/s1. The highest BCUT2D eigenvalue weighted by Gasteiger charge is 2.40. The first-order chi connectivity index (χ1) is 9.57. The van der Waals surface area contributed by atoms with Gasteiger partial charge in [-0.3, -0.25) is 4.79 Å². The summed E-state index contributed by atoms with van der Waals surface area (Å²) >= 11 is 0. The van der Waals surface area contributed by atoms with Crippen molar-refractivity contribution in [1.82, 2.24) is 5.32 Å². The summed E-state index contributed by atoms with van der Waals surface area (Å²) in [7, 11) is 0. The van der Waals surface area contributed by atoms with E-state index in [9.17, 15) is 4.79 Å². The fourth-order valence-electron chi connectivity index (χ4n) is 3.95. The normalized spacial score (nSPS) is 33.6. The van der Waals surface area contributed by atoms with Gasteiger partial charge in [-0.1, -0.05) is 26.2 Å². The minimum Gasteiger partial charge on any atom is -0.353 e. The predicted molar refractivity (Wildman–Crippen MR) is 83.3 cm³/mol. The van der Waals surface area contributed by atoms with E-state index in [0.717, 1.165) is 31.6 Å². The van der Waals surface area contributed by atoms with Gasteiger partial charge in [-0.25, -0.2) is 0 Å². The number of nitrogens with two attached hydrogens (primary N) is 1. The lowest BCUT2D eigenvalue weighted by atomic mass is 9.70. The van der Waals surface area contributed by atoms with Gasteiger partial charge in [0.1, 0.15) is 0 Å². The van der Waals surface area contributed by atoms with Crippen LogP contribution in [0.4, 0.5) is 0 Å². The van der Waals surface area contributed by atoms with Crippen molar-refractivity contribution < 1.29 is 4.79 Å². The highest BCUT2D eigenvalue weighted by atomic mass is 16.2. The Morgan fingerprint density at radius 3 is 2.35 bits per heavy atom. The molecule has 3 nitrogen and oxygen atoms in total. The molecule has 3 heteroatoms. The van der Waals surface area contributed by atoms with Crippen molar-refractivity contribution >= 4 is 5.91 Å². The minimum absolute atomic E-state index is 0.227. The maximum Gasteiger partial charge on any atom is 0.227 e. The molecule has 0 spiro atoms. The summed E-state index contributed by atoms with van der Waals surface area (Å²) in [6.45, 7) is 4.97. The SMILES string of the molecule is CC1CCC(CN)(C(=O)N[C@H](C)C2CCCCC2)CC1. The molecule has 0 aromatic rings. The van der Waals surface area contributed by atoms with Crippen molar-refractivity contribution in [3.63, 3.8) is 0 Å². The first-order valence-corrected chi connectivity index (χ1v) is 8.58. The summed E-state index contributed by atoms with van der Waals surface area (Å²) < 4.78 is 0. The smallest absolute Gasteiger partial charge is 0.227 e. The largest absolute Gasteiger partial charge is 0.353 e. The molecule has 2 aliphatic rings. The minimum atomic E-state index is -0.282. The molecule has 3 N–H and O–H groups in total. The van der Waals surface area contributed by atoms with E-state index in [0.29, 0.717) is 18.5 Å². The number of hydrogen-bond donors (Lipinski definition) is 2. The summed E-state index contributed by atoms with van der Waals surface area (Å²) in [6.07, 6.45) is 10.8. The highest BCUT2D eigenvalue weighted by Crippen LogP contribution is 2.38. The van der Waals surface area contributed by atoms with E-state index in [1.165, 1.54) is 32.1 Å². The molecule has 0 aromatic heterocycles. The second-order valence-electron chi connectivity index (χ2n) is 7.33. The molecule has 0 heterocycles. The van der Waals surface area contributed by atoms with Crippen molar-refractivity contribution in [2.45, 2.75) is 77.7 Å². The van der Waals surface area contributed by atoms with Crippen LogP contribution in [0.25, 0.3) is 0 Å². The number of hydrogen-bond acceptors (Lipinski definition) is 2. The number of amides is 1. The molecule has 1 atom stereocenters. The van der Waals surface area contributed by atoms with Crippen LogP contribution >= 0.6 is 0 Å². The molecule has 0 bridgehead atoms. The Bertz CT molecular complexity index is 315.